The second-order valence-corrected chi connectivity index (χ2v) is 6.71. The molecule has 19 heavy (non-hydrogen) atoms. The van der Waals surface area contributed by atoms with Crippen molar-refractivity contribution in [1.29, 1.82) is 5.26 Å². The fraction of sp³-hybridized carbons (Fsp3) is 0.562. The van der Waals surface area contributed by atoms with E-state index < -0.39 is 0 Å². The highest BCUT2D eigenvalue weighted by Crippen LogP contribution is 2.34. The van der Waals surface area contributed by atoms with Crippen molar-refractivity contribution in [2.75, 3.05) is 19.3 Å². The summed E-state index contributed by atoms with van der Waals surface area (Å²) >= 11 is 1.72. The van der Waals surface area contributed by atoms with E-state index in [-0.39, 0.29) is 4.75 Å². The van der Waals surface area contributed by atoms with Crippen molar-refractivity contribution in [1.82, 2.24) is 4.90 Å². The Kier molecular flexibility index (Phi) is 4.54. The van der Waals surface area contributed by atoms with E-state index >= 15 is 0 Å². The largest absolute Gasteiger partial charge is 0.299 e. The predicted octanol–water partition coefficient (Wildman–Crippen LogP) is 3.52. The zero-order chi connectivity index (χ0) is 13.9. The molecule has 1 heterocycles. The molecule has 102 valence electrons. The van der Waals surface area contributed by atoms with Crippen LogP contribution in [0.5, 0.6) is 0 Å². The molecule has 0 aliphatic carbocycles. The number of nitriles is 1. The van der Waals surface area contributed by atoms with Crippen LogP contribution in [0.15, 0.2) is 18.2 Å². The van der Waals surface area contributed by atoms with Gasteiger partial charge in [-0.2, -0.15) is 5.26 Å². The average molecular weight is 274 g/mol. The van der Waals surface area contributed by atoms with E-state index in [9.17, 15) is 5.26 Å². The van der Waals surface area contributed by atoms with E-state index in [0.717, 1.165) is 32.5 Å². The van der Waals surface area contributed by atoms with E-state index in [4.69, 9.17) is 0 Å². The third-order valence-corrected chi connectivity index (χ3v) is 5.44. The summed E-state index contributed by atoms with van der Waals surface area (Å²) in [5.41, 5.74) is 4.12. The topological polar surface area (TPSA) is 27.0 Å². The van der Waals surface area contributed by atoms with Gasteiger partial charge in [-0.15, -0.1) is 11.8 Å². The summed E-state index contributed by atoms with van der Waals surface area (Å²) in [6, 6.07) is 9.17. The molecule has 2 rings (SSSR count). The number of rotatable bonds is 3. The zero-order valence-corrected chi connectivity index (χ0v) is 12.9. The van der Waals surface area contributed by atoms with Crippen LogP contribution in [-0.4, -0.2) is 29.0 Å². The molecule has 0 aromatic heterocycles. The van der Waals surface area contributed by atoms with E-state index in [0.29, 0.717) is 0 Å². The van der Waals surface area contributed by atoms with Crippen LogP contribution >= 0.6 is 11.8 Å². The lowest BCUT2D eigenvalue weighted by molar-refractivity contribution is 0.209. The van der Waals surface area contributed by atoms with Crippen molar-refractivity contribution in [2.24, 2.45) is 0 Å². The van der Waals surface area contributed by atoms with Crippen LogP contribution in [0.25, 0.3) is 0 Å². The Morgan fingerprint density at radius 1 is 1.32 bits per heavy atom. The van der Waals surface area contributed by atoms with E-state index in [2.05, 4.69) is 49.3 Å². The number of hydrogen-bond acceptors (Lipinski definition) is 3. The molecule has 1 aromatic carbocycles. The molecule has 1 aliphatic rings. The number of hydrogen-bond donors (Lipinski definition) is 0. The highest BCUT2D eigenvalue weighted by atomic mass is 32.2. The summed E-state index contributed by atoms with van der Waals surface area (Å²) in [5.74, 6) is 0. The molecule has 0 atom stereocenters. The highest BCUT2D eigenvalue weighted by molar-refractivity contribution is 8.00. The van der Waals surface area contributed by atoms with Gasteiger partial charge < -0.3 is 0 Å². The smallest absolute Gasteiger partial charge is 0.104 e. The van der Waals surface area contributed by atoms with Crippen LogP contribution in [-0.2, 0) is 6.54 Å². The maximum absolute atomic E-state index is 9.31. The minimum absolute atomic E-state index is 0.141. The molecule has 3 heteroatoms. The Labute approximate surface area is 120 Å². The highest BCUT2D eigenvalue weighted by Gasteiger charge is 2.33. The first-order valence-electron chi connectivity index (χ1n) is 6.83. The molecular formula is C16H22N2S. The van der Waals surface area contributed by atoms with Crippen molar-refractivity contribution in [2.45, 2.75) is 38.0 Å². The molecule has 0 N–H and O–H groups in total. The number of thioether (sulfide) groups is 1. The maximum Gasteiger partial charge on any atom is 0.104 e. The molecule has 0 radical (unpaired) electrons. The van der Waals surface area contributed by atoms with Crippen LogP contribution in [0.4, 0.5) is 0 Å². The third-order valence-electron chi connectivity index (χ3n) is 4.16. The zero-order valence-electron chi connectivity index (χ0n) is 12.1. The van der Waals surface area contributed by atoms with E-state index in [1.165, 1.54) is 16.7 Å². The molecular weight excluding hydrogens is 252 g/mol. The van der Waals surface area contributed by atoms with Gasteiger partial charge in [-0.3, -0.25) is 4.90 Å². The second-order valence-electron chi connectivity index (χ2n) is 5.52. The van der Waals surface area contributed by atoms with Gasteiger partial charge in [0, 0.05) is 19.6 Å². The standard InChI is InChI=1S/C16H22N2S/c1-13-4-5-14(2)15(10-13)11-18-8-6-16(12-17,19-3)7-9-18/h4-5,10H,6-9,11H2,1-3H3. The molecule has 1 fully saturated rings. The molecule has 1 saturated heterocycles. The monoisotopic (exact) mass is 274 g/mol. The van der Waals surface area contributed by atoms with Crippen molar-refractivity contribution in [3.05, 3.63) is 34.9 Å². The quantitative estimate of drug-likeness (QED) is 0.844. The Morgan fingerprint density at radius 2 is 2.00 bits per heavy atom. The Balaban J connectivity index is 2.00. The van der Waals surface area contributed by atoms with Crippen LogP contribution in [0, 0.1) is 25.2 Å². The Morgan fingerprint density at radius 3 is 2.58 bits per heavy atom. The summed E-state index contributed by atoms with van der Waals surface area (Å²) in [4.78, 5) is 2.48. The van der Waals surface area contributed by atoms with Crippen molar-refractivity contribution in [3.63, 3.8) is 0 Å². The Hall–Kier alpha value is -0.980. The molecule has 0 spiro atoms. The van der Waals surface area contributed by atoms with Gasteiger partial charge >= 0.3 is 0 Å². The number of benzene rings is 1. The van der Waals surface area contributed by atoms with Crippen LogP contribution < -0.4 is 0 Å². The summed E-state index contributed by atoms with van der Waals surface area (Å²) in [6.45, 7) is 7.40. The lowest BCUT2D eigenvalue weighted by Crippen LogP contribution is -2.41. The fourth-order valence-electron chi connectivity index (χ4n) is 2.65. The normalized spacial score (nSPS) is 19.1. The molecule has 0 amide bonds. The molecule has 2 nitrogen and oxygen atoms in total. The fourth-order valence-corrected chi connectivity index (χ4v) is 3.33. The molecule has 0 bridgehead atoms. The summed E-state index contributed by atoms with van der Waals surface area (Å²) in [5, 5.41) is 9.31. The van der Waals surface area contributed by atoms with Crippen LogP contribution in [0.2, 0.25) is 0 Å². The SMILES string of the molecule is CSC1(C#N)CCN(Cc2cc(C)ccc2C)CC1. The van der Waals surface area contributed by atoms with Gasteiger partial charge in [0.15, 0.2) is 0 Å². The lowest BCUT2D eigenvalue weighted by Gasteiger charge is -2.36. The van der Waals surface area contributed by atoms with Gasteiger partial charge in [0.2, 0.25) is 0 Å². The first-order chi connectivity index (χ1) is 9.08. The molecule has 0 saturated carbocycles. The van der Waals surface area contributed by atoms with E-state index in [1.807, 2.05) is 0 Å². The summed E-state index contributed by atoms with van der Waals surface area (Å²) in [7, 11) is 0. The van der Waals surface area contributed by atoms with Crippen molar-refractivity contribution >= 4 is 11.8 Å². The summed E-state index contributed by atoms with van der Waals surface area (Å²) < 4.78 is -0.141. The van der Waals surface area contributed by atoms with Crippen LogP contribution in [0.3, 0.4) is 0 Å². The predicted molar refractivity (Wildman–Crippen MR) is 82.3 cm³/mol. The molecule has 1 aliphatic heterocycles. The average Bonchev–Trinajstić information content (AvgIpc) is 2.44. The second kappa shape index (κ2) is 5.98. The minimum Gasteiger partial charge on any atom is -0.299 e. The van der Waals surface area contributed by atoms with Gasteiger partial charge in [0.1, 0.15) is 4.75 Å². The van der Waals surface area contributed by atoms with Gasteiger partial charge in [-0.1, -0.05) is 23.8 Å². The minimum atomic E-state index is -0.141. The summed E-state index contributed by atoms with van der Waals surface area (Å²) in [6.07, 6.45) is 4.02. The number of likely N-dealkylation sites (tertiary alicyclic amines) is 1. The van der Waals surface area contributed by atoms with Crippen LogP contribution in [0.1, 0.15) is 29.5 Å². The first-order valence-corrected chi connectivity index (χ1v) is 8.06. The third kappa shape index (κ3) is 3.32. The van der Waals surface area contributed by atoms with Crippen molar-refractivity contribution < 1.29 is 0 Å². The first kappa shape index (κ1) is 14.4. The van der Waals surface area contributed by atoms with Crippen molar-refractivity contribution in [3.8, 4) is 6.07 Å². The van der Waals surface area contributed by atoms with Gasteiger partial charge in [0.05, 0.1) is 6.07 Å². The lowest BCUT2D eigenvalue weighted by atomic mass is 9.96. The number of aryl methyl sites for hydroxylation is 2. The van der Waals surface area contributed by atoms with Gasteiger partial charge in [-0.05, 0) is 44.1 Å². The number of nitrogens with zero attached hydrogens (tertiary/aromatic N) is 2. The Bertz CT molecular complexity index is 482. The molecule has 0 unspecified atom stereocenters. The van der Waals surface area contributed by atoms with E-state index in [1.54, 1.807) is 11.8 Å². The van der Waals surface area contributed by atoms with Gasteiger partial charge in [-0.25, -0.2) is 0 Å². The maximum atomic E-state index is 9.31. The molecule has 1 aromatic rings. The van der Waals surface area contributed by atoms with Gasteiger partial charge in [0.25, 0.3) is 0 Å². The number of piperidine rings is 1.